The lowest BCUT2D eigenvalue weighted by Crippen LogP contribution is -2.33. The molecule has 0 aliphatic carbocycles. The summed E-state index contributed by atoms with van der Waals surface area (Å²) in [5, 5.41) is 2.14. The third-order valence-corrected chi connectivity index (χ3v) is 3.12. The summed E-state index contributed by atoms with van der Waals surface area (Å²) in [5.41, 5.74) is 6.82. The molecule has 19 heavy (non-hydrogen) atoms. The third-order valence-electron chi connectivity index (χ3n) is 3.12. The van der Waals surface area contributed by atoms with E-state index in [1.807, 2.05) is 36.4 Å². The summed E-state index contributed by atoms with van der Waals surface area (Å²) in [6, 6.07) is 11.1. The van der Waals surface area contributed by atoms with Crippen molar-refractivity contribution in [2.45, 2.75) is 12.5 Å². The van der Waals surface area contributed by atoms with Crippen LogP contribution in [0.4, 0.5) is 0 Å². The van der Waals surface area contributed by atoms with Gasteiger partial charge in [-0.1, -0.05) is 24.3 Å². The van der Waals surface area contributed by atoms with Gasteiger partial charge in [-0.05, 0) is 34.9 Å². The van der Waals surface area contributed by atoms with Crippen molar-refractivity contribution in [2.24, 2.45) is 5.73 Å². The lowest BCUT2D eigenvalue weighted by molar-refractivity contribution is -0.142. The molecular weight excluding hydrogens is 242 g/mol. The first-order valence-electron chi connectivity index (χ1n) is 6.04. The highest BCUT2D eigenvalue weighted by molar-refractivity contribution is 5.88. The van der Waals surface area contributed by atoms with Crippen molar-refractivity contribution in [3.05, 3.63) is 42.0 Å². The molecule has 4 heteroatoms. The molecule has 2 aromatic rings. The van der Waals surface area contributed by atoms with Crippen LogP contribution in [-0.4, -0.2) is 26.2 Å². The zero-order valence-electron chi connectivity index (χ0n) is 11.1. The molecule has 0 amide bonds. The van der Waals surface area contributed by atoms with Crippen LogP contribution >= 0.6 is 0 Å². The molecule has 0 aromatic heterocycles. The minimum atomic E-state index is -0.651. The van der Waals surface area contributed by atoms with E-state index in [9.17, 15) is 4.79 Å². The van der Waals surface area contributed by atoms with Gasteiger partial charge in [0.1, 0.15) is 11.8 Å². The van der Waals surface area contributed by atoms with Gasteiger partial charge in [0.05, 0.1) is 14.2 Å². The normalized spacial score (nSPS) is 12.2. The highest BCUT2D eigenvalue weighted by Gasteiger charge is 2.15. The molecule has 4 nitrogen and oxygen atoms in total. The number of esters is 1. The lowest BCUT2D eigenvalue weighted by Gasteiger charge is -2.12. The van der Waals surface area contributed by atoms with Crippen molar-refractivity contribution in [3.63, 3.8) is 0 Å². The number of hydrogen-bond acceptors (Lipinski definition) is 4. The van der Waals surface area contributed by atoms with Gasteiger partial charge < -0.3 is 15.2 Å². The number of methoxy groups -OCH3 is 2. The Morgan fingerprint density at radius 2 is 2.05 bits per heavy atom. The summed E-state index contributed by atoms with van der Waals surface area (Å²) >= 11 is 0. The number of ether oxygens (including phenoxy) is 2. The van der Waals surface area contributed by atoms with Gasteiger partial charge in [-0.3, -0.25) is 4.79 Å². The van der Waals surface area contributed by atoms with E-state index in [1.54, 1.807) is 7.11 Å². The van der Waals surface area contributed by atoms with E-state index in [4.69, 9.17) is 10.5 Å². The molecule has 0 saturated carbocycles. The quantitative estimate of drug-likeness (QED) is 0.852. The fourth-order valence-corrected chi connectivity index (χ4v) is 2.09. The van der Waals surface area contributed by atoms with Crippen LogP contribution in [0.25, 0.3) is 10.8 Å². The number of fused-ring (bicyclic) bond motifs is 1. The second-order valence-electron chi connectivity index (χ2n) is 4.34. The molecule has 0 heterocycles. The van der Waals surface area contributed by atoms with Crippen LogP contribution in [0.5, 0.6) is 5.75 Å². The molecule has 0 bridgehead atoms. The van der Waals surface area contributed by atoms with Crippen molar-refractivity contribution < 1.29 is 14.3 Å². The van der Waals surface area contributed by atoms with Crippen LogP contribution in [0.1, 0.15) is 5.56 Å². The Balaban J connectivity index is 2.39. The average Bonchev–Trinajstić information content (AvgIpc) is 2.46. The van der Waals surface area contributed by atoms with Gasteiger partial charge in [0.25, 0.3) is 0 Å². The maximum atomic E-state index is 11.4. The highest BCUT2D eigenvalue weighted by Crippen LogP contribution is 2.24. The molecule has 1 atom stereocenters. The average molecular weight is 259 g/mol. The van der Waals surface area contributed by atoms with Gasteiger partial charge in [0.15, 0.2) is 0 Å². The molecular formula is C15H17NO3. The molecule has 0 spiro atoms. The largest absolute Gasteiger partial charge is 0.497 e. The molecule has 0 aliphatic rings. The second-order valence-corrected chi connectivity index (χ2v) is 4.34. The fourth-order valence-electron chi connectivity index (χ4n) is 2.09. The van der Waals surface area contributed by atoms with Crippen molar-refractivity contribution in [2.75, 3.05) is 14.2 Å². The van der Waals surface area contributed by atoms with Gasteiger partial charge >= 0.3 is 5.97 Å². The summed E-state index contributed by atoms with van der Waals surface area (Å²) in [6.07, 6.45) is 0.442. The zero-order chi connectivity index (χ0) is 13.8. The smallest absolute Gasteiger partial charge is 0.322 e. The lowest BCUT2D eigenvalue weighted by atomic mass is 9.99. The Bertz CT molecular complexity index is 595. The highest BCUT2D eigenvalue weighted by atomic mass is 16.5. The van der Waals surface area contributed by atoms with E-state index in [0.717, 1.165) is 22.1 Å². The molecule has 100 valence electrons. The number of nitrogens with two attached hydrogens (primary N) is 1. The number of hydrogen-bond donors (Lipinski definition) is 1. The Kier molecular flexibility index (Phi) is 4.02. The minimum Gasteiger partial charge on any atom is -0.497 e. The van der Waals surface area contributed by atoms with Crippen molar-refractivity contribution in [3.8, 4) is 5.75 Å². The van der Waals surface area contributed by atoms with Gasteiger partial charge in [-0.25, -0.2) is 0 Å². The van der Waals surface area contributed by atoms with E-state index in [0.29, 0.717) is 6.42 Å². The van der Waals surface area contributed by atoms with E-state index in [-0.39, 0.29) is 0 Å². The van der Waals surface area contributed by atoms with Gasteiger partial charge in [0, 0.05) is 0 Å². The molecule has 2 N–H and O–H groups in total. The van der Waals surface area contributed by atoms with Gasteiger partial charge in [-0.15, -0.1) is 0 Å². The van der Waals surface area contributed by atoms with Crippen molar-refractivity contribution in [1.82, 2.24) is 0 Å². The first-order chi connectivity index (χ1) is 9.15. The Morgan fingerprint density at radius 1 is 1.26 bits per heavy atom. The van der Waals surface area contributed by atoms with E-state index >= 15 is 0 Å². The van der Waals surface area contributed by atoms with Crippen LogP contribution in [0.15, 0.2) is 36.4 Å². The van der Waals surface area contributed by atoms with Crippen LogP contribution in [0.3, 0.4) is 0 Å². The molecule has 2 rings (SSSR count). The predicted octanol–water partition coefficient (Wildman–Crippen LogP) is 1.89. The zero-order valence-corrected chi connectivity index (χ0v) is 11.1. The summed E-state index contributed by atoms with van der Waals surface area (Å²) in [4.78, 5) is 11.4. The van der Waals surface area contributed by atoms with E-state index in [2.05, 4.69) is 4.74 Å². The molecule has 0 fully saturated rings. The number of benzene rings is 2. The minimum absolute atomic E-state index is 0.403. The topological polar surface area (TPSA) is 61.5 Å². The summed E-state index contributed by atoms with van der Waals surface area (Å²) in [7, 11) is 2.97. The number of carbonyl (C=O) groups excluding carboxylic acids is 1. The molecule has 0 radical (unpaired) electrons. The van der Waals surface area contributed by atoms with E-state index < -0.39 is 12.0 Å². The molecule has 0 saturated heterocycles. The maximum Gasteiger partial charge on any atom is 0.322 e. The SMILES string of the molecule is COC(=O)[C@@H](N)Cc1cccc2ccc(OC)cc12. The summed E-state index contributed by atoms with van der Waals surface area (Å²) < 4.78 is 9.88. The Hall–Kier alpha value is -2.07. The molecule has 2 aromatic carbocycles. The second kappa shape index (κ2) is 5.71. The van der Waals surface area contributed by atoms with Crippen molar-refractivity contribution >= 4 is 16.7 Å². The monoisotopic (exact) mass is 259 g/mol. The fraction of sp³-hybridized carbons (Fsp3) is 0.267. The predicted molar refractivity (Wildman–Crippen MR) is 74.2 cm³/mol. The van der Waals surface area contributed by atoms with Crippen LogP contribution in [0, 0.1) is 0 Å². The summed E-state index contributed by atoms with van der Waals surface area (Å²) in [6.45, 7) is 0. The van der Waals surface area contributed by atoms with Crippen molar-refractivity contribution in [1.29, 1.82) is 0 Å². The van der Waals surface area contributed by atoms with Gasteiger partial charge in [0.2, 0.25) is 0 Å². The van der Waals surface area contributed by atoms with Crippen LogP contribution in [-0.2, 0) is 16.0 Å². The molecule has 0 unspecified atom stereocenters. The summed E-state index contributed by atoms with van der Waals surface area (Å²) in [5.74, 6) is 0.381. The van der Waals surface area contributed by atoms with Crippen LogP contribution in [0.2, 0.25) is 0 Å². The first kappa shape index (κ1) is 13.4. The molecule has 0 aliphatic heterocycles. The van der Waals surface area contributed by atoms with Gasteiger partial charge in [-0.2, -0.15) is 0 Å². The number of carbonyl (C=O) groups is 1. The van der Waals surface area contributed by atoms with E-state index in [1.165, 1.54) is 7.11 Å². The Morgan fingerprint density at radius 3 is 2.74 bits per heavy atom. The van der Waals surface area contributed by atoms with Crippen LogP contribution < -0.4 is 10.5 Å². The number of rotatable bonds is 4. The Labute approximate surface area is 112 Å². The first-order valence-corrected chi connectivity index (χ1v) is 6.04. The maximum absolute atomic E-state index is 11.4. The standard InChI is InChI=1S/C15H17NO3/c1-18-12-7-6-10-4-3-5-11(13(10)9-12)8-14(16)15(17)19-2/h3-7,9,14H,8,16H2,1-2H3/t14-/m0/s1. The third kappa shape index (κ3) is 2.85.